The van der Waals surface area contributed by atoms with Crippen LogP contribution in [0.5, 0.6) is 0 Å². The Balaban J connectivity index is 2.29. The number of hydrogen-bond acceptors (Lipinski definition) is 5. The van der Waals surface area contributed by atoms with E-state index in [1.54, 1.807) is 6.07 Å². The number of aromatic nitrogens is 1. The zero-order valence-corrected chi connectivity index (χ0v) is 10.8. The molecule has 1 aromatic rings. The van der Waals surface area contributed by atoms with Gasteiger partial charge in [-0.3, -0.25) is 10.1 Å². The van der Waals surface area contributed by atoms with Gasteiger partial charge in [0.2, 0.25) is 5.82 Å². The third kappa shape index (κ3) is 5.09. The summed E-state index contributed by atoms with van der Waals surface area (Å²) in [6.45, 7) is 5.36. The van der Waals surface area contributed by atoms with Crippen LogP contribution in [0.15, 0.2) is 18.3 Å². The average molecular weight is 253 g/mol. The molecule has 0 spiro atoms. The van der Waals surface area contributed by atoms with E-state index in [2.05, 4.69) is 10.3 Å². The lowest BCUT2D eigenvalue weighted by Crippen LogP contribution is -2.08. The largest absolute Gasteiger partial charge is 0.379 e. The van der Waals surface area contributed by atoms with Gasteiger partial charge in [0.1, 0.15) is 0 Å². The molecule has 0 saturated heterocycles. The van der Waals surface area contributed by atoms with Crippen molar-refractivity contribution in [2.24, 2.45) is 0 Å². The molecule has 0 amide bonds. The molecule has 0 aliphatic rings. The van der Waals surface area contributed by atoms with E-state index in [0.717, 1.165) is 12.8 Å². The normalized spacial score (nSPS) is 10.6. The van der Waals surface area contributed by atoms with Gasteiger partial charge >= 0.3 is 5.69 Å². The van der Waals surface area contributed by atoms with E-state index in [1.165, 1.54) is 12.3 Å². The van der Waals surface area contributed by atoms with Crippen molar-refractivity contribution in [2.75, 3.05) is 18.5 Å². The van der Waals surface area contributed by atoms with Crippen LogP contribution in [0.1, 0.15) is 26.7 Å². The summed E-state index contributed by atoms with van der Waals surface area (Å²) in [7, 11) is 0. The van der Waals surface area contributed by atoms with Gasteiger partial charge in [0.05, 0.1) is 11.0 Å². The lowest BCUT2D eigenvalue weighted by atomic mass is 10.3. The molecule has 1 rings (SSSR count). The summed E-state index contributed by atoms with van der Waals surface area (Å²) >= 11 is 0. The number of nitrogens with one attached hydrogen (secondary N) is 1. The molecule has 0 bridgehead atoms. The summed E-state index contributed by atoms with van der Waals surface area (Å²) in [4.78, 5) is 14.3. The standard InChI is InChI=1S/C12H19N3O3/c1-10(2)18-9-4-3-7-13-12-11(15(16)17)6-5-8-14-12/h5-6,8,10H,3-4,7,9H2,1-2H3,(H,13,14). The fourth-order valence-corrected chi connectivity index (χ4v) is 1.43. The van der Waals surface area contributed by atoms with Gasteiger partial charge in [-0.25, -0.2) is 4.98 Å². The second-order valence-corrected chi connectivity index (χ2v) is 4.18. The Kier molecular flexibility index (Phi) is 6.07. The highest BCUT2D eigenvalue weighted by Gasteiger charge is 2.12. The molecule has 0 aliphatic carbocycles. The molecule has 0 aromatic carbocycles. The van der Waals surface area contributed by atoms with Crippen LogP contribution in [0.4, 0.5) is 11.5 Å². The number of anilines is 1. The number of hydrogen-bond donors (Lipinski definition) is 1. The molecule has 100 valence electrons. The molecule has 0 radical (unpaired) electrons. The van der Waals surface area contributed by atoms with Crippen molar-refractivity contribution >= 4 is 11.5 Å². The van der Waals surface area contributed by atoms with E-state index in [9.17, 15) is 10.1 Å². The summed E-state index contributed by atoms with van der Waals surface area (Å²) < 4.78 is 5.40. The first kappa shape index (κ1) is 14.4. The van der Waals surface area contributed by atoms with Crippen LogP contribution >= 0.6 is 0 Å². The Morgan fingerprint density at radius 3 is 2.94 bits per heavy atom. The Hall–Kier alpha value is -1.69. The first-order valence-corrected chi connectivity index (χ1v) is 6.06. The summed E-state index contributed by atoms with van der Waals surface area (Å²) in [6.07, 6.45) is 3.60. The summed E-state index contributed by atoms with van der Waals surface area (Å²) in [5.41, 5.74) is 0.0101. The summed E-state index contributed by atoms with van der Waals surface area (Å²) in [6, 6.07) is 3.00. The monoisotopic (exact) mass is 253 g/mol. The van der Waals surface area contributed by atoms with Gasteiger partial charge < -0.3 is 10.1 Å². The van der Waals surface area contributed by atoms with Gasteiger partial charge in [-0.15, -0.1) is 0 Å². The van der Waals surface area contributed by atoms with Crippen LogP contribution in [0, 0.1) is 10.1 Å². The molecule has 1 heterocycles. The highest BCUT2D eigenvalue weighted by atomic mass is 16.6. The van der Waals surface area contributed by atoms with E-state index in [4.69, 9.17) is 4.74 Å². The van der Waals surface area contributed by atoms with Crippen LogP contribution < -0.4 is 5.32 Å². The minimum absolute atomic E-state index is 0.0101. The summed E-state index contributed by atoms with van der Waals surface area (Å²) in [5, 5.41) is 13.7. The van der Waals surface area contributed by atoms with Gasteiger partial charge in [-0.1, -0.05) is 0 Å². The van der Waals surface area contributed by atoms with Gasteiger partial charge in [0, 0.05) is 25.4 Å². The molecular weight excluding hydrogens is 234 g/mol. The SMILES string of the molecule is CC(C)OCCCCNc1ncccc1[N+](=O)[O-]. The molecule has 1 N–H and O–H groups in total. The molecule has 6 nitrogen and oxygen atoms in total. The molecule has 0 saturated carbocycles. The van der Waals surface area contributed by atoms with Crippen LogP contribution in [-0.2, 0) is 4.74 Å². The van der Waals surface area contributed by atoms with Gasteiger partial charge in [-0.2, -0.15) is 0 Å². The lowest BCUT2D eigenvalue weighted by molar-refractivity contribution is -0.384. The molecule has 0 aliphatic heterocycles. The van der Waals surface area contributed by atoms with E-state index < -0.39 is 4.92 Å². The van der Waals surface area contributed by atoms with Crippen LogP contribution in [-0.4, -0.2) is 29.2 Å². The van der Waals surface area contributed by atoms with Crippen LogP contribution in [0.2, 0.25) is 0 Å². The second kappa shape index (κ2) is 7.60. The van der Waals surface area contributed by atoms with Crippen molar-refractivity contribution in [2.45, 2.75) is 32.8 Å². The highest BCUT2D eigenvalue weighted by Crippen LogP contribution is 2.19. The zero-order chi connectivity index (χ0) is 13.4. The smallest absolute Gasteiger partial charge is 0.311 e. The fraction of sp³-hybridized carbons (Fsp3) is 0.583. The number of pyridine rings is 1. The van der Waals surface area contributed by atoms with Crippen molar-refractivity contribution in [3.05, 3.63) is 28.4 Å². The van der Waals surface area contributed by atoms with E-state index in [-0.39, 0.29) is 11.8 Å². The number of rotatable bonds is 8. The minimum Gasteiger partial charge on any atom is -0.379 e. The van der Waals surface area contributed by atoms with Crippen LogP contribution in [0.3, 0.4) is 0 Å². The molecule has 18 heavy (non-hydrogen) atoms. The quantitative estimate of drug-likeness (QED) is 0.437. The average Bonchev–Trinajstić information content (AvgIpc) is 2.33. The zero-order valence-electron chi connectivity index (χ0n) is 10.8. The summed E-state index contributed by atoms with van der Waals surface area (Å²) in [5.74, 6) is 0.326. The number of unbranched alkanes of at least 4 members (excludes halogenated alkanes) is 1. The third-order valence-corrected chi connectivity index (χ3v) is 2.30. The number of ether oxygens (including phenoxy) is 1. The third-order valence-electron chi connectivity index (χ3n) is 2.30. The van der Waals surface area contributed by atoms with Gasteiger partial charge in [-0.05, 0) is 32.8 Å². The molecule has 0 unspecified atom stereocenters. The topological polar surface area (TPSA) is 77.3 Å². The fourth-order valence-electron chi connectivity index (χ4n) is 1.43. The van der Waals surface area contributed by atoms with Crippen molar-refractivity contribution in [3.63, 3.8) is 0 Å². The van der Waals surface area contributed by atoms with Crippen molar-refractivity contribution in [1.29, 1.82) is 0 Å². The van der Waals surface area contributed by atoms with E-state index in [0.29, 0.717) is 19.0 Å². The Bertz CT molecular complexity index is 383. The Labute approximate surface area is 107 Å². The Morgan fingerprint density at radius 2 is 2.28 bits per heavy atom. The molecule has 0 atom stereocenters. The van der Waals surface area contributed by atoms with Crippen LogP contribution in [0.25, 0.3) is 0 Å². The first-order chi connectivity index (χ1) is 8.61. The maximum atomic E-state index is 10.7. The maximum absolute atomic E-state index is 10.7. The van der Waals surface area contributed by atoms with Crippen molar-refractivity contribution in [1.82, 2.24) is 4.98 Å². The van der Waals surface area contributed by atoms with E-state index >= 15 is 0 Å². The van der Waals surface area contributed by atoms with Crippen molar-refractivity contribution < 1.29 is 9.66 Å². The minimum atomic E-state index is -0.433. The van der Waals surface area contributed by atoms with Gasteiger partial charge in [0.25, 0.3) is 0 Å². The lowest BCUT2D eigenvalue weighted by Gasteiger charge is -2.08. The number of nitro groups is 1. The molecule has 6 heteroatoms. The molecule has 1 aromatic heterocycles. The highest BCUT2D eigenvalue weighted by molar-refractivity contribution is 5.54. The first-order valence-electron chi connectivity index (χ1n) is 6.06. The second-order valence-electron chi connectivity index (χ2n) is 4.18. The Morgan fingerprint density at radius 1 is 1.50 bits per heavy atom. The predicted octanol–water partition coefficient (Wildman–Crippen LogP) is 2.61. The number of nitrogens with zero attached hydrogens (tertiary/aromatic N) is 2. The van der Waals surface area contributed by atoms with E-state index in [1.807, 2.05) is 13.8 Å². The molecule has 0 fully saturated rings. The maximum Gasteiger partial charge on any atom is 0.311 e. The van der Waals surface area contributed by atoms with Gasteiger partial charge in [0.15, 0.2) is 0 Å². The molecular formula is C12H19N3O3. The van der Waals surface area contributed by atoms with Crippen molar-refractivity contribution in [3.8, 4) is 0 Å². The predicted molar refractivity (Wildman–Crippen MR) is 69.7 cm³/mol.